The number of amides is 1. The average molecular weight is 386 g/mol. The molecular formula is C17H14N4O3S2. The lowest BCUT2D eigenvalue weighted by atomic mass is 10.2. The Bertz CT molecular complexity index is 951. The second-order valence-electron chi connectivity index (χ2n) is 5.43. The van der Waals surface area contributed by atoms with Crippen LogP contribution in [-0.2, 0) is 4.79 Å². The molecule has 7 nitrogen and oxygen atoms in total. The first kappa shape index (κ1) is 16.8. The Morgan fingerprint density at radius 2 is 2.19 bits per heavy atom. The summed E-state index contributed by atoms with van der Waals surface area (Å²) in [5, 5.41) is 9.87. The molecule has 0 saturated carbocycles. The van der Waals surface area contributed by atoms with Crippen LogP contribution in [-0.4, -0.2) is 39.5 Å². The van der Waals surface area contributed by atoms with Crippen molar-refractivity contribution in [2.75, 3.05) is 13.3 Å². The number of carbonyl (C=O) groups excluding carboxylic acids is 1. The molecule has 0 unspecified atom stereocenters. The van der Waals surface area contributed by atoms with Gasteiger partial charge in [0.1, 0.15) is 5.01 Å². The lowest BCUT2D eigenvalue weighted by Crippen LogP contribution is -2.29. The highest BCUT2D eigenvalue weighted by atomic mass is 32.2. The second kappa shape index (κ2) is 6.93. The predicted octanol–water partition coefficient (Wildman–Crippen LogP) is 3.37. The number of hydrogen-bond acceptors (Lipinski definition) is 8. The van der Waals surface area contributed by atoms with Crippen LogP contribution in [0.2, 0.25) is 0 Å². The summed E-state index contributed by atoms with van der Waals surface area (Å²) in [6.07, 6.45) is 3.49. The molecule has 4 rings (SSSR count). The zero-order valence-electron chi connectivity index (χ0n) is 13.8. The number of amidine groups is 1. The maximum atomic E-state index is 12.8. The summed E-state index contributed by atoms with van der Waals surface area (Å²) in [6.45, 7) is 6.17. The van der Waals surface area contributed by atoms with Gasteiger partial charge >= 0.3 is 0 Å². The summed E-state index contributed by atoms with van der Waals surface area (Å²) in [5.74, 6) is 1.27. The highest BCUT2D eigenvalue weighted by molar-refractivity contribution is 8.18. The highest BCUT2D eigenvalue weighted by Gasteiger charge is 2.33. The molecule has 1 amide bonds. The second-order valence-corrected chi connectivity index (χ2v) is 7.60. The number of hydrogen-bond donors (Lipinski definition) is 0. The first-order valence-corrected chi connectivity index (χ1v) is 9.38. The van der Waals surface area contributed by atoms with Gasteiger partial charge in [-0.1, -0.05) is 23.5 Å². The number of nitrogens with zero attached hydrogens (tertiary/aromatic N) is 4. The molecule has 0 radical (unpaired) electrons. The smallest absolute Gasteiger partial charge is 0.267 e. The van der Waals surface area contributed by atoms with Crippen LogP contribution in [0.5, 0.6) is 11.5 Å². The van der Waals surface area contributed by atoms with E-state index < -0.39 is 0 Å². The minimum absolute atomic E-state index is 0.118. The molecule has 1 aromatic carbocycles. The molecule has 2 aliphatic heterocycles. The van der Waals surface area contributed by atoms with E-state index in [4.69, 9.17) is 9.47 Å². The van der Waals surface area contributed by atoms with Gasteiger partial charge in [0.2, 0.25) is 11.9 Å². The number of benzene rings is 1. The molecule has 0 spiro atoms. The van der Waals surface area contributed by atoms with E-state index in [1.54, 1.807) is 11.0 Å². The SMILES string of the molecule is C=CCN1C(=O)/C(=C/c2ccc3c(c2)OCO3)SC1=Nc1nnc(C)s1. The Balaban J connectivity index is 1.66. The van der Waals surface area contributed by atoms with Crippen LogP contribution < -0.4 is 9.47 Å². The minimum atomic E-state index is -0.118. The fourth-order valence-corrected chi connectivity index (χ4v) is 4.06. The molecular weight excluding hydrogens is 372 g/mol. The summed E-state index contributed by atoms with van der Waals surface area (Å²) < 4.78 is 10.7. The van der Waals surface area contributed by atoms with Crippen molar-refractivity contribution in [1.82, 2.24) is 15.1 Å². The fourth-order valence-electron chi connectivity index (χ4n) is 2.45. The lowest BCUT2D eigenvalue weighted by Gasteiger charge is -2.11. The lowest BCUT2D eigenvalue weighted by molar-refractivity contribution is -0.121. The van der Waals surface area contributed by atoms with Gasteiger partial charge < -0.3 is 9.47 Å². The van der Waals surface area contributed by atoms with Crippen LogP contribution in [0.1, 0.15) is 10.6 Å². The van der Waals surface area contributed by atoms with E-state index in [-0.39, 0.29) is 12.7 Å². The van der Waals surface area contributed by atoms with E-state index >= 15 is 0 Å². The average Bonchev–Trinajstić information content (AvgIpc) is 3.31. The van der Waals surface area contributed by atoms with Crippen LogP contribution in [0.15, 0.2) is 40.8 Å². The first-order chi connectivity index (χ1) is 12.6. The summed E-state index contributed by atoms with van der Waals surface area (Å²) in [4.78, 5) is 19.4. The summed E-state index contributed by atoms with van der Waals surface area (Å²) >= 11 is 2.68. The topological polar surface area (TPSA) is 76.9 Å². The van der Waals surface area contributed by atoms with Crippen molar-refractivity contribution < 1.29 is 14.3 Å². The molecule has 26 heavy (non-hydrogen) atoms. The van der Waals surface area contributed by atoms with Gasteiger partial charge in [0.05, 0.1) is 4.91 Å². The summed E-state index contributed by atoms with van der Waals surface area (Å²) in [6, 6.07) is 5.57. The van der Waals surface area contributed by atoms with E-state index in [9.17, 15) is 4.79 Å². The molecule has 1 fully saturated rings. The van der Waals surface area contributed by atoms with Crippen molar-refractivity contribution in [2.45, 2.75) is 6.92 Å². The third kappa shape index (κ3) is 3.23. The van der Waals surface area contributed by atoms with Gasteiger partial charge in [-0.25, -0.2) is 0 Å². The Kier molecular flexibility index (Phi) is 4.48. The number of aryl methyl sites for hydroxylation is 1. The van der Waals surface area contributed by atoms with Crippen LogP contribution in [0.4, 0.5) is 5.13 Å². The summed E-state index contributed by atoms with van der Waals surface area (Å²) in [7, 11) is 0. The number of carbonyl (C=O) groups is 1. The van der Waals surface area contributed by atoms with Crippen molar-refractivity contribution in [3.63, 3.8) is 0 Å². The van der Waals surface area contributed by atoms with Crippen molar-refractivity contribution in [2.24, 2.45) is 4.99 Å². The van der Waals surface area contributed by atoms with Crippen molar-refractivity contribution in [3.05, 3.63) is 46.3 Å². The molecule has 132 valence electrons. The number of fused-ring (bicyclic) bond motifs is 1. The Hall–Kier alpha value is -2.65. The van der Waals surface area contributed by atoms with Gasteiger partial charge in [-0.3, -0.25) is 9.69 Å². The van der Waals surface area contributed by atoms with Crippen LogP contribution in [0.25, 0.3) is 6.08 Å². The van der Waals surface area contributed by atoms with E-state index in [2.05, 4.69) is 21.8 Å². The van der Waals surface area contributed by atoms with E-state index in [1.165, 1.54) is 23.1 Å². The Morgan fingerprint density at radius 3 is 2.96 bits per heavy atom. The van der Waals surface area contributed by atoms with Crippen molar-refractivity contribution >= 4 is 45.4 Å². The molecule has 2 aromatic rings. The molecule has 0 atom stereocenters. The summed E-state index contributed by atoms with van der Waals surface area (Å²) in [5.41, 5.74) is 0.858. The van der Waals surface area contributed by atoms with Crippen molar-refractivity contribution in [1.29, 1.82) is 0 Å². The standard InChI is InChI=1S/C17H14N4O3S2/c1-3-6-21-15(22)14(26-17(21)18-16-20-19-10(2)25-16)8-11-4-5-12-13(7-11)24-9-23-12/h3-5,7-8H,1,6,9H2,2H3/b14-8-,18-17?. The third-order valence-electron chi connectivity index (χ3n) is 3.60. The van der Waals surface area contributed by atoms with Crippen LogP contribution in [0, 0.1) is 6.92 Å². The molecule has 0 bridgehead atoms. The Morgan fingerprint density at radius 1 is 1.35 bits per heavy atom. The number of thioether (sulfide) groups is 1. The molecule has 9 heteroatoms. The molecule has 1 aromatic heterocycles. The predicted molar refractivity (Wildman–Crippen MR) is 102 cm³/mol. The fraction of sp³-hybridized carbons (Fsp3) is 0.176. The third-order valence-corrected chi connectivity index (χ3v) is 5.34. The van der Waals surface area contributed by atoms with Gasteiger partial charge in [-0.2, -0.15) is 4.99 Å². The highest BCUT2D eigenvalue weighted by Crippen LogP contribution is 2.37. The van der Waals surface area contributed by atoms with Gasteiger partial charge in [-0.15, -0.1) is 16.8 Å². The zero-order chi connectivity index (χ0) is 18.1. The monoisotopic (exact) mass is 386 g/mol. The number of aromatic nitrogens is 2. The maximum Gasteiger partial charge on any atom is 0.267 e. The zero-order valence-corrected chi connectivity index (χ0v) is 15.5. The van der Waals surface area contributed by atoms with Gasteiger partial charge in [0, 0.05) is 6.54 Å². The molecule has 0 N–H and O–H groups in total. The molecule has 2 aliphatic rings. The number of rotatable bonds is 4. The van der Waals surface area contributed by atoms with E-state index in [1.807, 2.05) is 31.2 Å². The van der Waals surface area contributed by atoms with Crippen LogP contribution in [0.3, 0.4) is 0 Å². The maximum absolute atomic E-state index is 12.8. The number of aliphatic imine (C=N–C) groups is 1. The molecule has 1 saturated heterocycles. The van der Waals surface area contributed by atoms with Gasteiger partial charge in [-0.05, 0) is 42.5 Å². The van der Waals surface area contributed by atoms with Crippen molar-refractivity contribution in [3.8, 4) is 11.5 Å². The Labute approximate surface area is 158 Å². The molecule has 3 heterocycles. The minimum Gasteiger partial charge on any atom is -0.454 e. The first-order valence-electron chi connectivity index (χ1n) is 7.75. The molecule has 0 aliphatic carbocycles. The quantitative estimate of drug-likeness (QED) is 0.592. The normalized spacial score (nSPS) is 19.0. The van der Waals surface area contributed by atoms with Gasteiger partial charge in [0.15, 0.2) is 16.7 Å². The van der Waals surface area contributed by atoms with E-state index in [0.29, 0.717) is 33.2 Å². The van der Waals surface area contributed by atoms with E-state index in [0.717, 1.165) is 10.6 Å². The number of ether oxygens (including phenoxy) is 2. The van der Waals surface area contributed by atoms with Gasteiger partial charge in [0.25, 0.3) is 5.91 Å². The van der Waals surface area contributed by atoms with Crippen LogP contribution >= 0.6 is 23.1 Å². The largest absolute Gasteiger partial charge is 0.454 e.